The second-order valence-electron chi connectivity index (χ2n) is 10.1. The van der Waals surface area contributed by atoms with Crippen molar-refractivity contribution in [3.63, 3.8) is 0 Å². The summed E-state index contributed by atoms with van der Waals surface area (Å²) in [4.78, 5) is 16.6. The van der Waals surface area contributed by atoms with Crippen molar-refractivity contribution in [3.05, 3.63) is 72.2 Å². The molecule has 4 aromatic rings. The molecule has 2 unspecified atom stereocenters. The predicted molar refractivity (Wildman–Crippen MR) is 141 cm³/mol. The molecule has 2 saturated heterocycles. The molecule has 7 nitrogen and oxygen atoms in total. The largest absolute Gasteiger partial charge is 0.355 e. The highest BCUT2D eigenvalue weighted by Crippen LogP contribution is 2.35. The van der Waals surface area contributed by atoms with E-state index in [1.54, 1.807) is 12.1 Å². The SMILES string of the molecule is CN(C)C1CCN(c2cccc(-c3cnc4ccc(N5CCCCC5c5cccc(F)c5)nn34)n2)C1. The van der Waals surface area contributed by atoms with Crippen LogP contribution in [-0.2, 0) is 0 Å². The molecule has 5 heterocycles. The van der Waals surface area contributed by atoms with Gasteiger partial charge in [0.15, 0.2) is 5.65 Å². The van der Waals surface area contributed by atoms with Crippen molar-refractivity contribution in [2.24, 2.45) is 0 Å². The summed E-state index contributed by atoms with van der Waals surface area (Å²) in [5.74, 6) is 1.67. The highest BCUT2D eigenvalue weighted by Gasteiger charge is 2.27. The van der Waals surface area contributed by atoms with Crippen molar-refractivity contribution >= 4 is 17.3 Å². The summed E-state index contributed by atoms with van der Waals surface area (Å²) in [5, 5.41) is 5.02. The van der Waals surface area contributed by atoms with Gasteiger partial charge in [0.1, 0.15) is 23.1 Å². The van der Waals surface area contributed by atoms with Gasteiger partial charge in [0.2, 0.25) is 0 Å². The lowest BCUT2D eigenvalue weighted by Gasteiger charge is -2.37. The van der Waals surface area contributed by atoms with Gasteiger partial charge >= 0.3 is 0 Å². The number of aromatic nitrogens is 4. The van der Waals surface area contributed by atoms with Gasteiger partial charge in [-0.2, -0.15) is 0 Å². The van der Waals surface area contributed by atoms with E-state index in [0.717, 1.165) is 79.6 Å². The molecular weight excluding hydrogens is 453 g/mol. The first-order chi connectivity index (χ1) is 17.6. The van der Waals surface area contributed by atoms with Crippen LogP contribution >= 0.6 is 0 Å². The number of halogens is 1. The third-order valence-corrected chi connectivity index (χ3v) is 7.59. The molecule has 0 bridgehead atoms. The highest BCUT2D eigenvalue weighted by atomic mass is 19.1. The summed E-state index contributed by atoms with van der Waals surface area (Å²) in [6, 6.07) is 17.8. The van der Waals surface area contributed by atoms with Crippen molar-refractivity contribution in [1.82, 2.24) is 24.5 Å². The number of hydrogen-bond acceptors (Lipinski definition) is 6. The fourth-order valence-electron chi connectivity index (χ4n) is 5.57. The third kappa shape index (κ3) is 4.30. The van der Waals surface area contributed by atoms with Gasteiger partial charge in [-0.15, -0.1) is 5.10 Å². The molecule has 3 aromatic heterocycles. The molecule has 0 radical (unpaired) electrons. The van der Waals surface area contributed by atoms with E-state index >= 15 is 0 Å². The summed E-state index contributed by atoms with van der Waals surface area (Å²) < 4.78 is 15.9. The second-order valence-corrected chi connectivity index (χ2v) is 10.1. The van der Waals surface area contributed by atoms with Crippen molar-refractivity contribution in [2.75, 3.05) is 43.5 Å². The fraction of sp³-hybridized carbons (Fsp3) is 0.393. The maximum Gasteiger partial charge on any atom is 0.154 e. The van der Waals surface area contributed by atoms with Gasteiger partial charge in [-0.25, -0.2) is 18.9 Å². The summed E-state index contributed by atoms with van der Waals surface area (Å²) in [6.45, 7) is 2.88. The third-order valence-electron chi connectivity index (χ3n) is 7.59. The molecule has 8 heteroatoms. The van der Waals surface area contributed by atoms with Gasteiger partial charge in [-0.05, 0) is 81.7 Å². The van der Waals surface area contributed by atoms with Crippen LogP contribution in [0.4, 0.5) is 16.0 Å². The van der Waals surface area contributed by atoms with Gasteiger partial charge in [-0.3, -0.25) is 0 Å². The second kappa shape index (κ2) is 9.50. The Kier molecular flexibility index (Phi) is 6.05. The molecule has 0 N–H and O–H groups in total. The molecule has 0 aliphatic carbocycles. The number of nitrogens with zero attached hydrogens (tertiary/aromatic N) is 7. The number of rotatable bonds is 5. The zero-order valence-corrected chi connectivity index (χ0v) is 20.9. The molecule has 0 amide bonds. The van der Waals surface area contributed by atoms with Gasteiger partial charge in [0, 0.05) is 25.7 Å². The Morgan fingerprint density at radius 2 is 1.83 bits per heavy atom. The minimum Gasteiger partial charge on any atom is -0.355 e. The number of pyridine rings is 1. The normalized spacial score (nSPS) is 20.6. The molecule has 186 valence electrons. The molecule has 36 heavy (non-hydrogen) atoms. The van der Waals surface area contributed by atoms with Crippen molar-refractivity contribution in [3.8, 4) is 11.4 Å². The summed E-state index contributed by atoms with van der Waals surface area (Å²) in [7, 11) is 4.28. The van der Waals surface area contributed by atoms with E-state index in [2.05, 4.69) is 45.9 Å². The van der Waals surface area contributed by atoms with E-state index in [0.29, 0.717) is 6.04 Å². The van der Waals surface area contributed by atoms with Crippen LogP contribution in [0.2, 0.25) is 0 Å². The van der Waals surface area contributed by atoms with Crippen LogP contribution in [0.1, 0.15) is 37.3 Å². The van der Waals surface area contributed by atoms with Crippen LogP contribution in [0.5, 0.6) is 0 Å². The average Bonchev–Trinajstić information content (AvgIpc) is 3.56. The van der Waals surface area contributed by atoms with Crippen molar-refractivity contribution in [2.45, 2.75) is 37.8 Å². The van der Waals surface area contributed by atoms with Crippen LogP contribution in [0.25, 0.3) is 17.0 Å². The van der Waals surface area contributed by atoms with Crippen LogP contribution in [0.3, 0.4) is 0 Å². The van der Waals surface area contributed by atoms with E-state index in [1.807, 2.05) is 35.0 Å². The first-order valence-corrected chi connectivity index (χ1v) is 12.8. The van der Waals surface area contributed by atoms with Crippen molar-refractivity contribution < 1.29 is 4.39 Å². The van der Waals surface area contributed by atoms with E-state index in [4.69, 9.17) is 10.1 Å². The molecule has 0 spiro atoms. The maximum absolute atomic E-state index is 14.0. The zero-order valence-electron chi connectivity index (χ0n) is 20.9. The Labute approximate surface area is 211 Å². The number of benzene rings is 1. The summed E-state index contributed by atoms with van der Waals surface area (Å²) in [6.07, 6.45) is 6.19. The number of fused-ring (bicyclic) bond motifs is 1. The number of anilines is 2. The highest BCUT2D eigenvalue weighted by molar-refractivity contribution is 5.62. The van der Waals surface area contributed by atoms with E-state index in [1.165, 1.54) is 6.07 Å². The molecule has 2 aliphatic rings. The number of imidazole rings is 1. The van der Waals surface area contributed by atoms with Crippen LogP contribution < -0.4 is 9.80 Å². The summed E-state index contributed by atoms with van der Waals surface area (Å²) in [5.41, 5.74) is 3.52. The smallest absolute Gasteiger partial charge is 0.154 e. The predicted octanol–water partition coefficient (Wildman–Crippen LogP) is 4.80. The maximum atomic E-state index is 14.0. The molecule has 1 aromatic carbocycles. The lowest BCUT2D eigenvalue weighted by molar-refractivity contribution is 0.315. The Bertz CT molecular complexity index is 1370. The molecule has 0 saturated carbocycles. The first kappa shape index (κ1) is 22.9. The lowest BCUT2D eigenvalue weighted by atomic mass is 9.95. The van der Waals surface area contributed by atoms with E-state index in [-0.39, 0.29) is 11.9 Å². The average molecular weight is 486 g/mol. The minimum atomic E-state index is -0.195. The summed E-state index contributed by atoms with van der Waals surface area (Å²) >= 11 is 0. The van der Waals surface area contributed by atoms with Crippen molar-refractivity contribution in [1.29, 1.82) is 0 Å². The molecule has 2 aliphatic heterocycles. The van der Waals surface area contributed by atoms with E-state index in [9.17, 15) is 4.39 Å². The van der Waals surface area contributed by atoms with Gasteiger partial charge in [-0.1, -0.05) is 18.2 Å². The Hall–Kier alpha value is -3.52. The van der Waals surface area contributed by atoms with E-state index < -0.39 is 0 Å². The number of likely N-dealkylation sites (N-methyl/N-ethyl adjacent to an activating group) is 1. The quantitative estimate of drug-likeness (QED) is 0.405. The van der Waals surface area contributed by atoms with Crippen LogP contribution in [0.15, 0.2) is 60.8 Å². The molecular formula is C28H32FN7. The fourth-order valence-corrected chi connectivity index (χ4v) is 5.57. The lowest BCUT2D eigenvalue weighted by Crippen LogP contribution is -2.34. The van der Waals surface area contributed by atoms with Gasteiger partial charge in [0.25, 0.3) is 0 Å². The monoisotopic (exact) mass is 485 g/mol. The standard InChI is InChI=1S/C28H32FN7/c1-33(2)22-14-16-34(19-22)27-11-6-9-23(31-27)25-18-30-26-12-13-28(32-36(25)26)35-15-4-3-10-24(35)20-7-5-8-21(29)17-20/h5-9,11-13,17-18,22,24H,3-4,10,14-16,19H2,1-2H3. The molecule has 2 fully saturated rings. The minimum absolute atomic E-state index is 0.104. The first-order valence-electron chi connectivity index (χ1n) is 12.8. The number of piperidine rings is 1. The van der Waals surface area contributed by atoms with Crippen LogP contribution in [-0.4, -0.2) is 64.3 Å². The van der Waals surface area contributed by atoms with Crippen LogP contribution in [0, 0.1) is 5.82 Å². The molecule has 2 atom stereocenters. The number of hydrogen-bond donors (Lipinski definition) is 0. The Morgan fingerprint density at radius 3 is 2.67 bits per heavy atom. The Morgan fingerprint density at radius 1 is 0.944 bits per heavy atom. The zero-order chi connectivity index (χ0) is 24.6. The molecule has 6 rings (SSSR count). The Balaban J connectivity index is 1.33. The van der Waals surface area contributed by atoms with Gasteiger partial charge < -0.3 is 14.7 Å². The van der Waals surface area contributed by atoms with Gasteiger partial charge in [0.05, 0.1) is 17.9 Å². The topological polar surface area (TPSA) is 52.8 Å².